The fourth-order valence-electron chi connectivity index (χ4n) is 7.02. The summed E-state index contributed by atoms with van der Waals surface area (Å²) < 4.78 is 14.1. The standard InChI is InChI=1S/C32H41N3O7/c1-18(2)12-14-40-28-26-21-11-10-20(39-7)16-23(21)34-25(15-19(3)4)41-42-31(5,6)17-24(27(26)34)35-29(36)22-9-8-13-33(22)30(37)32(28,35)38/h10-12,15-16,22,24-25,28,38H,8-9,13-14,17H2,1-7H3/t22?,24-,25+,28?,32?/m0/s1. The molecule has 42 heavy (non-hydrogen) atoms. The van der Waals surface area contributed by atoms with Crippen LogP contribution in [0.5, 0.6) is 5.75 Å². The van der Waals surface area contributed by atoms with Crippen molar-refractivity contribution in [1.29, 1.82) is 0 Å². The number of hydrogen-bond acceptors (Lipinski definition) is 7. The SMILES string of the molecule is COc1ccc2c3c4n(c2c1)[C@@H](C=C(C)C)OOC(C)(C)C[C@@H]4N1C(=O)C2CCCN2C(=O)C1(O)C3OCC=C(C)C. The van der Waals surface area contributed by atoms with Crippen LogP contribution in [0.3, 0.4) is 0 Å². The van der Waals surface area contributed by atoms with Gasteiger partial charge in [-0.3, -0.25) is 14.5 Å². The van der Waals surface area contributed by atoms with Gasteiger partial charge in [-0.05, 0) is 72.6 Å². The van der Waals surface area contributed by atoms with Gasteiger partial charge >= 0.3 is 0 Å². The van der Waals surface area contributed by atoms with Crippen molar-refractivity contribution in [2.24, 2.45) is 0 Å². The number of fused-ring (bicyclic) bond motifs is 6. The zero-order valence-electron chi connectivity index (χ0n) is 25.5. The Balaban J connectivity index is 1.72. The predicted octanol–water partition coefficient (Wildman–Crippen LogP) is 4.85. The normalized spacial score (nSPS) is 29.8. The summed E-state index contributed by atoms with van der Waals surface area (Å²) in [6, 6.07) is 4.37. The Morgan fingerprint density at radius 1 is 1.14 bits per heavy atom. The molecule has 0 spiro atoms. The van der Waals surface area contributed by atoms with Gasteiger partial charge in [0.25, 0.3) is 11.6 Å². The summed E-state index contributed by atoms with van der Waals surface area (Å²) in [6.07, 6.45) is 3.56. The van der Waals surface area contributed by atoms with E-state index < -0.39 is 41.6 Å². The summed E-state index contributed by atoms with van der Waals surface area (Å²) in [6.45, 7) is 12.3. The number of aliphatic hydroxyl groups is 1. The molecule has 1 N–H and O–H groups in total. The number of hydrogen-bond donors (Lipinski definition) is 1. The number of allylic oxidation sites excluding steroid dienone is 2. The highest BCUT2D eigenvalue weighted by Gasteiger charge is 2.67. The Kier molecular flexibility index (Phi) is 7.04. The molecule has 1 aromatic heterocycles. The summed E-state index contributed by atoms with van der Waals surface area (Å²) in [7, 11) is 1.61. The molecule has 0 radical (unpaired) electrons. The summed E-state index contributed by atoms with van der Waals surface area (Å²) in [4.78, 5) is 43.9. The molecule has 5 heterocycles. The minimum absolute atomic E-state index is 0.156. The van der Waals surface area contributed by atoms with Gasteiger partial charge in [0.1, 0.15) is 23.5 Å². The van der Waals surface area contributed by atoms with E-state index in [0.717, 1.165) is 27.7 Å². The first-order valence-electron chi connectivity index (χ1n) is 14.7. The van der Waals surface area contributed by atoms with E-state index >= 15 is 0 Å². The average molecular weight is 580 g/mol. The summed E-state index contributed by atoms with van der Waals surface area (Å²) in [5.41, 5.74) is 1.13. The Hall–Kier alpha value is -3.18. The molecule has 5 atom stereocenters. The summed E-state index contributed by atoms with van der Waals surface area (Å²) >= 11 is 0. The number of rotatable bonds is 5. The van der Waals surface area contributed by atoms with Gasteiger partial charge in [0.2, 0.25) is 5.91 Å². The number of ether oxygens (including phenoxy) is 2. The Morgan fingerprint density at radius 3 is 2.60 bits per heavy atom. The van der Waals surface area contributed by atoms with Crippen LogP contribution in [0, 0.1) is 0 Å². The summed E-state index contributed by atoms with van der Waals surface area (Å²) in [5, 5.41) is 13.5. The molecule has 6 rings (SSSR count). The van der Waals surface area contributed by atoms with Gasteiger partial charge in [-0.25, -0.2) is 9.78 Å². The average Bonchev–Trinajstić information content (AvgIpc) is 3.54. The van der Waals surface area contributed by atoms with Crippen molar-refractivity contribution in [2.75, 3.05) is 20.3 Å². The van der Waals surface area contributed by atoms with Crippen LogP contribution in [0.4, 0.5) is 0 Å². The molecule has 10 nitrogen and oxygen atoms in total. The Morgan fingerprint density at radius 2 is 1.90 bits per heavy atom. The maximum Gasteiger partial charge on any atom is 0.279 e. The smallest absolute Gasteiger partial charge is 0.279 e. The van der Waals surface area contributed by atoms with Crippen molar-refractivity contribution < 1.29 is 33.9 Å². The van der Waals surface area contributed by atoms with E-state index in [1.165, 1.54) is 4.90 Å². The van der Waals surface area contributed by atoms with Crippen molar-refractivity contribution in [3.63, 3.8) is 0 Å². The van der Waals surface area contributed by atoms with Gasteiger partial charge in [0, 0.05) is 30.0 Å². The summed E-state index contributed by atoms with van der Waals surface area (Å²) in [5.74, 6) is -0.133. The number of carbonyl (C=O) groups excluding carboxylic acids is 2. The zero-order valence-corrected chi connectivity index (χ0v) is 25.5. The van der Waals surface area contributed by atoms with Gasteiger partial charge in [-0.1, -0.05) is 17.2 Å². The second-order valence-electron chi connectivity index (χ2n) is 12.9. The van der Waals surface area contributed by atoms with Gasteiger partial charge in [0.05, 0.1) is 31.0 Å². The molecule has 2 amide bonds. The molecule has 2 aromatic rings. The molecular formula is C32H41N3O7. The van der Waals surface area contributed by atoms with Gasteiger partial charge in [-0.2, -0.15) is 0 Å². The highest BCUT2D eigenvalue weighted by molar-refractivity contribution is 6.02. The van der Waals surface area contributed by atoms with Gasteiger partial charge in [-0.15, -0.1) is 0 Å². The van der Waals surface area contributed by atoms with Crippen LogP contribution < -0.4 is 4.74 Å². The molecule has 0 bridgehead atoms. The third kappa shape index (κ3) is 4.30. The Bertz CT molecular complexity index is 1500. The molecule has 226 valence electrons. The number of carbonyl (C=O) groups is 2. The number of nitrogens with zero attached hydrogens (tertiary/aromatic N) is 3. The van der Waals surface area contributed by atoms with E-state index in [4.69, 9.17) is 19.2 Å². The largest absolute Gasteiger partial charge is 0.497 e. The molecule has 0 aliphatic carbocycles. The minimum Gasteiger partial charge on any atom is -0.497 e. The number of piperazine rings is 1. The fourth-order valence-corrected chi connectivity index (χ4v) is 7.02. The lowest BCUT2D eigenvalue weighted by molar-refractivity contribution is -0.390. The predicted molar refractivity (Wildman–Crippen MR) is 155 cm³/mol. The lowest BCUT2D eigenvalue weighted by Crippen LogP contribution is -2.74. The third-order valence-corrected chi connectivity index (χ3v) is 8.81. The van der Waals surface area contributed by atoms with Crippen LogP contribution >= 0.6 is 0 Å². The molecule has 1 aromatic carbocycles. The van der Waals surface area contributed by atoms with Crippen molar-refractivity contribution in [3.8, 4) is 5.75 Å². The number of methoxy groups -OCH3 is 1. The second kappa shape index (κ2) is 10.2. The second-order valence-corrected chi connectivity index (χ2v) is 12.9. The van der Waals surface area contributed by atoms with E-state index in [1.54, 1.807) is 12.0 Å². The van der Waals surface area contributed by atoms with Crippen molar-refractivity contribution in [1.82, 2.24) is 14.4 Å². The van der Waals surface area contributed by atoms with Crippen LogP contribution in [-0.2, 0) is 24.1 Å². The first-order chi connectivity index (χ1) is 19.9. The molecule has 4 aliphatic rings. The van der Waals surface area contributed by atoms with E-state index in [1.807, 2.05) is 76.5 Å². The minimum atomic E-state index is -2.24. The monoisotopic (exact) mass is 579 g/mol. The van der Waals surface area contributed by atoms with Crippen LogP contribution in [0.25, 0.3) is 10.9 Å². The number of amides is 2. The van der Waals surface area contributed by atoms with Crippen molar-refractivity contribution in [3.05, 3.63) is 52.8 Å². The van der Waals surface area contributed by atoms with Crippen LogP contribution in [0.15, 0.2) is 41.5 Å². The number of benzene rings is 1. The molecule has 10 heteroatoms. The first-order valence-corrected chi connectivity index (χ1v) is 14.7. The maximum absolute atomic E-state index is 14.4. The first kappa shape index (κ1) is 28.9. The molecular weight excluding hydrogens is 538 g/mol. The Labute approximate surface area is 246 Å². The molecule has 2 fully saturated rings. The highest BCUT2D eigenvalue weighted by Crippen LogP contribution is 2.56. The quantitative estimate of drug-likeness (QED) is 0.399. The van der Waals surface area contributed by atoms with Gasteiger partial charge in [0.15, 0.2) is 6.23 Å². The maximum atomic E-state index is 14.4. The van der Waals surface area contributed by atoms with E-state index in [2.05, 4.69) is 0 Å². The topological polar surface area (TPSA) is 103 Å². The number of aromatic nitrogens is 1. The van der Waals surface area contributed by atoms with E-state index in [-0.39, 0.29) is 18.9 Å². The van der Waals surface area contributed by atoms with E-state index in [9.17, 15) is 14.7 Å². The fraction of sp³-hybridized carbons (Fsp3) is 0.562. The molecule has 2 saturated heterocycles. The van der Waals surface area contributed by atoms with Crippen molar-refractivity contribution >= 4 is 22.7 Å². The van der Waals surface area contributed by atoms with E-state index in [0.29, 0.717) is 30.7 Å². The third-order valence-electron chi connectivity index (χ3n) is 8.81. The highest BCUT2D eigenvalue weighted by atomic mass is 17.2. The van der Waals surface area contributed by atoms with Crippen LogP contribution in [0.1, 0.15) is 90.4 Å². The molecule has 4 aliphatic heterocycles. The lowest BCUT2D eigenvalue weighted by Gasteiger charge is -2.56. The van der Waals surface area contributed by atoms with Crippen LogP contribution in [-0.4, -0.2) is 68.9 Å². The lowest BCUT2D eigenvalue weighted by atomic mass is 9.79. The molecule has 3 unspecified atom stereocenters. The zero-order chi connectivity index (χ0) is 30.1. The van der Waals surface area contributed by atoms with Crippen LogP contribution in [0.2, 0.25) is 0 Å². The molecule has 0 saturated carbocycles. The van der Waals surface area contributed by atoms with Gasteiger partial charge < -0.3 is 24.0 Å². The van der Waals surface area contributed by atoms with Crippen molar-refractivity contribution in [2.45, 2.75) is 96.5 Å².